The van der Waals surface area contributed by atoms with Crippen molar-refractivity contribution in [1.82, 2.24) is 5.32 Å². The molecule has 0 bridgehead atoms. The van der Waals surface area contributed by atoms with E-state index in [0.717, 1.165) is 16.0 Å². The van der Waals surface area contributed by atoms with Gasteiger partial charge in [0, 0.05) is 4.88 Å². The summed E-state index contributed by atoms with van der Waals surface area (Å²) in [6.45, 7) is 3.79. The number of amides is 1. The average Bonchev–Trinajstić information content (AvgIpc) is 3.16. The Labute approximate surface area is 152 Å². The summed E-state index contributed by atoms with van der Waals surface area (Å²) < 4.78 is 5.78. The maximum atomic E-state index is 12.7. The minimum absolute atomic E-state index is 0.136. The molecule has 0 saturated heterocycles. The van der Waals surface area contributed by atoms with Crippen molar-refractivity contribution >= 4 is 17.2 Å². The van der Waals surface area contributed by atoms with Crippen molar-refractivity contribution in [2.75, 3.05) is 0 Å². The summed E-state index contributed by atoms with van der Waals surface area (Å²) in [4.78, 5) is 13.8. The zero-order valence-corrected chi connectivity index (χ0v) is 15.1. The number of rotatable bonds is 6. The molecule has 1 heterocycles. The fraction of sp³-hybridized carbons (Fsp3) is 0.190. The summed E-state index contributed by atoms with van der Waals surface area (Å²) in [5, 5.41) is 5.13. The van der Waals surface area contributed by atoms with Gasteiger partial charge in [-0.1, -0.05) is 54.1 Å². The second kappa shape index (κ2) is 7.99. The first-order chi connectivity index (χ1) is 12.1. The number of ether oxygens (including phenoxy) is 1. The second-order valence-corrected chi connectivity index (χ2v) is 6.92. The van der Waals surface area contributed by atoms with Crippen molar-refractivity contribution in [3.63, 3.8) is 0 Å². The van der Waals surface area contributed by atoms with Gasteiger partial charge in [-0.15, -0.1) is 11.3 Å². The highest BCUT2D eigenvalue weighted by atomic mass is 32.1. The molecule has 0 aliphatic rings. The van der Waals surface area contributed by atoms with Crippen LogP contribution in [0.1, 0.15) is 29.0 Å². The Balaban J connectivity index is 1.73. The summed E-state index contributed by atoms with van der Waals surface area (Å²) in [5.41, 5.74) is 2.21. The molecule has 2 atom stereocenters. The van der Waals surface area contributed by atoms with E-state index in [-0.39, 0.29) is 11.9 Å². The van der Waals surface area contributed by atoms with Gasteiger partial charge in [0.15, 0.2) is 6.10 Å². The van der Waals surface area contributed by atoms with E-state index in [1.54, 1.807) is 18.3 Å². The van der Waals surface area contributed by atoms with E-state index in [9.17, 15) is 4.79 Å². The third kappa shape index (κ3) is 4.48. The maximum Gasteiger partial charge on any atom is 0.261 e. The number of hydrogen-bond acceptors (Lipinski definition) is 3. The number of thiophene rings is 1. The molecule has 128 valence electrons. The molecular weight excluding hydrogens is 330 g/mol. The van der Waals surface area contributed by atoms with Crippen LogP contribution in [0.5, 0.6) is 5.75 Å². The number of aryl methyl sites for hydroxylation is 1. The van der Waals surface area contributed by atoms with Gasteiger partial charge in [-0.05, 0) is 43.0 Å². The van der Waals surface area contributed by atoms with Crippen LogP contribution >= 0.6 is 11.3 Å². The lowest BCUT2D eigenvalue weighted by Gasteiger charge is -2.21. The molecule has 0 unspecified atom stereocenters. The third-order valence-electron chi connectivity index (χ3n) is 3.95. The smallest absolute Gasteiger partial charge is 0.261 e. The van der Waals surface area contributed by atoms with Gasteiger partial charge >= 0.3 is 0 Å². The third-order valence-corrected chi connectivity index (χ3v) is 4.89. The normalized spacial score (nSPS) is 13.0. The summed E-state index contributed by atoms with van der Waals surface area (Å²) >= 11 is 1.63. The van der Waals surface area contributed by atoms with Crippen LogP contribution in [0.3, 0.4) is 0 Å². The average molecular weight is 351 g/mol. The Hall–Kier alpha value is -2.59. The fourth-order valence-electron chi connectivity index (χ4n) is 2.55. The van der Waals surface area contributed by atoms with Crippen LogP contribution in [0, 0.1) is 6.92 Å². The predicted octanol–water partition coefficient (Wildman–Crippen LogP) is 4.73. The van der Waals surface area contributed by atoms with Gasteiger partial charge in [0.1, 0.15) is 5.75 Å². The summed E-state index contributed by atoms with van der Waals surface area (Å²) in [6.07, 6.45) is -0.575. The van der Waals surface area contributed by atoms with E-state index in [1.165, 1.54) is 0 Å². The Morgan fingerprint density at radius 1 is 1.00 bits per heavy atom. The molecule has 0 saturated carbocycles. The Bertz CT molecular complexity index is 798. The molecule has 0 radical (unpaired) electrons. The van der Waals surface area contributed by atoms with Crippen molar-refractivity contribution < 1.29 is 9.53 Å². The molecule has 3 rings (SSSR count). The van der Waals surface area contributed by atoms with Crippen LogP contribution in [0.25, 0.3) is 0 Å². The number of nitrogens with one attached hydrogen (secondary N) is 1. The van der Waals surface area contributed by atoms with Crippen LogP contribution in [-0.4, -0.2) is 12.0 Å². The quantitative estimate of drug-likeness (QED) is 0.697. The monoisotopic (exact) mass is 351 g/mol. The highest BCUT2D eigenvalue weighted by Gasteiger charge is 2.22. The molecule has 3 aromatic rings. The van der Waals surface area contributed by atoms with Crippen molar-refractivity contribution in [2.45, 2.75) is 26.0 Å². The highest BCUT2D eigenvalue weighted by Crippen LogP contribution is 2.26. The zero-order chi connectivity index (χ0) is 17.6. The Kier molecular flexibility index (Phi) is 5.51. The van der Waals surface area contributed by atoms with E-state index in [2.05, 4.69) is 5.32 Å². The highest BCUT2D eigenvalue weighted by molar-refractivity contribution is 7.10. The maximum absolute atomic E-state index is 12.7. The molecule has 25 heavy (non-hydrogen) atoms. The van der Waals surface area contributed by atoms with Gasteiger partial charge < -0.3 is 10.1 Å². The SMILES string of the molecule is Cc1ccc(O[C@@H](C)C(=O)N[C@@H](c2ccccc2)c2cccs2)cc1. The van der Waals surface area contributed by atoms with E-state index in [4.69, 9.17) is 4.74 Å². The fourth-order valence-corrected chi connectivity index (χ4v) is 3.36. The van der Waals surface area contributed by atoms with Gasteiger partial charge in [0.2, 0.25) is 0 Å². The molecule has 1 amide bonds. The van der Waals surface area contributed by atoms with E-state index >= 15 is 0 Å². The summed E-state index contributed by atoms with van der Waals surface area (Å²) in [6, 6.07) is 21.5. The topological polar surface area (TPSA) is 38.3 Å². The first-order valence-electron chi connectivity index (χ1n) is 8.25. The van der Waals surface area contributed by atoms with E-state index < -0.39 is 6.10 Å². The molecule has 4 heteroatoms. The molecule has 1 N–H and O–H groups in total. The second-order valence-electron chi connectivity index (χ2n) is 5.94. The molecule has 1 aromatic heterocycles. The molecule has 3 nitrogen and oxygen atoms in total. The number of benzene rings is 2. The van der Waals surface area contributed by atoms with Crippen LogP contribution in [-0.2, 0) is 4.79 Å². The molecular formula is C21H21NO2S. The largest absolute Gasteiger partial charge is 0.481 e. The van der Waals surface area contributed by atoms with Crippen molar-refractivity contribution in [3.05, 3.63) is 88.1 Å². The first-order valence-corrected chi connectivity index (χ1v) is 9.13. The van der Waals surface area contributed by atoms with Gasteiger partial charge in [-0.25, -0.2) is 0 Å². The van der Waals surface area contributed by atoms with Gasteiger partial charge in [0.25, 0.3) is 5.91 Å². The summed E-state index contributed by atoms with van der Waals surface area (Å²) in [7, 11) is 0. The first kappa shape index (κ1) is 17.2. The number of carbonyl (C=O) groups excluding carboxylic acids is 1. The molecule has 0 spiro atoms. The summed E-state index contributed by atoms with van der Waals surface area (Å²) in [5.74, 6) is 0.559. The molecule has 0 fully saturated rings. The molecule has 2 aromatic carbocycles. The van der Waals surface area contributed by atoms with Crippen LogP contribution in [0.2, 0.25) is 0 Å². The van der Waals surface area contributed by atoms with E-state index in [0.29, 0.717) is 5.75 Å². The number of carbonyl (C=O) groups is 1. The van der Waals surface area contributed by atoms with Crippen molar-refractivity contribution in [3.8, 4) is 5.75 Å². The lowest BCUT2D eigenvalue weighted by atomic mass is 10.1. The minimum Gasteiger partial charge on any atom is -0.481 e. The lowest BCUT2D eigenvalue weighted by molar-refractivity contribution is -0.127. The van der Waals surface area contributed by atoms with Crippen molar-refractivity contribution in [2.24, 2.45) is 0 Å². The Morgan fingerprint density at radius 3 is 2.36 bits per heavy atom. The van der Waals surface area contributed by atoms with Gasteiger partial charge in [0.05, 0.1) is 6.04 Å². The predicted molar refractivity (Wildman–Crippen MR) is 102 cm³/mol. The van der Waals surface area contributed by atoms with Crippen LogP contribution in [0.4, 0.5) is 0 Å². The number of hydrogen-bond donors (Lipinski definition) is 1. The standard InChI is InChI=1S/C21H21NO2S/c1-15-10-12-18(13-11-15)24-16(2)21(23)22-20(19-9-6-14-25-19)17-7-4-3-5-8-17/h3-14,16,20H,1-2H3,(H,22,23)/t16-,20-/m0/s1. The Morgan fingerprint density at radius 2 is 1.72 bits per heavy atom. The van der Waals surface area contributed by atoms with Crippen LogP contribution in [0.15, 0.2) is 72.1 Å². The van der Waals surface area contributed by atoms with Gasteiger partial charge in [-0.3, -0.25) is 4.79 Å². The van der Waals surface area contributed by atoms with E-state index in [1.807, 2.05) is 79.0 Å². The van der Waals surface area contributed by atoms with Crippen LogP contribution < -0.4 is 10.1 Å². The molecule has 0 aliphatic heterocycles. The van der Waals surface area contributed by atoms with Crippen molar-refractivity contribution in [1.29, 1.82) is 0 Å². The zero-order valence-electron chi connectivity index (χ0n) is 14.3. The molecule has 0 aliphatic carbocycles. The lowest BCUT2D eigenvalue weighted by Crippen LogP contribution is -2.38. The minimum atomic E-state index is -0.575. The van der Waals surface area contributed by atoms with Gasteiger partial charge in [-0.2, -0.15) is 0 Å².